The van der Waals surface area contributed by atoms with E-state index in [4.69, 9.17) is 14.2 Å². The zero-order valence-electron chi connectivity index (χ0n) is 16.7. The number of hydrogen-bond acceptors (Lipinski definition) is 5. The molecular weight excluding hydrogens is 406 g/mol. The molecule has 0 fully saturated rings. The summed E-state index contributed by atoms with van der Waals surface area (Å²) in [4.78, 5) is 12.4. The van der Waals surface area contributed by atoms with Gasteiger partial charge in [0, 0.05) is 17.8 Å². The Morgan fingerprint density at radius 2 is 1.90 bits per heavy atom. The van der Waals surface area contributed by atoms with Crippen molar-refractivity contribution in [3.8, 4) is 17.2 Å². The van der Waals surface area contributed by atoms with E-state index in [1.54, 1.807) is 25.1 Å². The molecule has 0 aromatic heterocycles. The van der Waals surface area contributed by atoms with Crippen LogP contribution in [-0.2, 0) is 11.4 Å². The number of rotatable bonds is 7. The van der Waals surface area contributed by atoms with Crippen molar-refractivity contribution in [1.29, 1.82) is 0 Å². The smallest absolute Gasteiger partial charge is 0.246 e. The van der Waals surface area contributed by atoms with Gasteiger partial charge in [0.2, 0.25) is 12.7 Å². The van der Waals surface area contributed by atoms with Crippen molar-refractivity contribution >= 4 is 17.3 Å². The van der Waals surface area contributed by atoms with Crippen LogP contribution in [0.1, 0.15) is 12.5 Å². The number of hydrogen-bond donors (Lipinski definition) is 2. The lowest BCUT2D eigenvalue weighted by molar-refractivity contribution is -0.116. The molecule has 0 aliphatic carbocycles. The number of benzene rings is 3. The minimum absolute atomic E-state index is 0.0778. The third-order valence-corrected chi connectivity index (χ3v) is 4.64. The van der Waals surface area contributed by atoms with E-state index in [2.05, 4.69) is 10.6 Å². The fourth-order valence-electron chi connectivity index (χ4n) is 3.03. The molecule has 3 aromatic carbocycles. The van der Waals surface area contributed by atoms with E-state index in [1.165, 1.54) is 6.07 Å². The van der Waals surface area contributed by atoms with E-state index in [0.717, 1.165) is 17.7 Å². The van der Waals surface area contributed by atoms with Gasteiger partial charge >= 0.3 is 0 Å². The average molecular weight is 426 g/mol. The maximum atomic E-state index is 13.7. The van der Waals surface area contributed by atoms with Crippen LogP contribution in [-0.4, -0.2) is 18.7 Å². The van der Waals surface area contributed by atoms with Crippen molar-refractivity contribution in [2.24, 2.45) is 0 Å². The number of amides is 1. The Kier molecular flexibility index (Phi) is 5.88. The van der Waals surface area contributed by atoms with E-state index in [1.807, 2.05) is 24.3 Å². The Hall–Kier alpha value is -3.81. The standard InChI is InChI=1S/C23H20F2N2O4/c1-14(23(28)27-20-7-5-16(24)10-19(20)25)26-17-4-2-3-15(9-17)12-29-18-6-8-21-22(11-18)31-13-30-21/h2-11,14,26H,12-13H2,1H3,(H,27,28). The molecule has 0 saturated carbocycles. The highest BCUT2D eigenvalue weighted by atomic mass is 19.1. The van der Waals surface area contributed by atoms with Gasteiger partial charge in [-0.15, -0.1) is 0 Å². The van der Waals surface area contributed by atoms with Crippen LogP contribution >= 0.6 is 0 Å². The first-order valence-electron chi connectivity index (χ1n) is 9.62. The van der Waals surface area contributed by atoms with Crippen LogP contribution in [0.3, 0.4) is 0 Å². The second kappa shape index (κ2) is 8.91. The van der Waals surface area contributed by atoms with Crippen molar-refractivity contribution in [2.45, 2.75) is 19.6 Å². The van der Waals surface area contributed by atoms with Gasteiger partial charge in [-0.3, -0.25) is 4.79 Å². The van der Waals surface area contributed by atoms with Gasteiger partial charge in [0.1, 0.15) is 30.0 Å². The molecular formula is C23H20F2N2O4. The molecule has 3 aromatic rings. The molecule has 4 rings (SSSR count). The van der Waals surface area contributed by atoms with Crippen molar-refractivity contribution in [1.82, 2.24) is 0 Å². The fourth-order valence-corrected chi connectivity index (χ4v) is 3.03. The van der Waals surface area contributed by atoms with Gasteiger partial charge in [0.25, 0.3) is 0 Å². The molecule has 1 aliphatic rings. The van der Waals surface area contributed by atoms with Crippen LogP contribution in [0.4, 0.5) is 20.2 Å². The van der Waals surface area contributed by atoms with E-state index in [0.29, 0.717) is 29.5 Å². The number of halogens is 2. The van der Waals surface area contributed by atoms with Gasteiger partial charge in [0.15, 0.2) is 11.5 Å². The highest BCUT2D eigenvalue weighted by Gasteiger charge is 2.16. The third-order valence-electron chi connectivity index (χ3n) is 4.64. The minimum atomic E-state index is -0.830. The number of fused-ring (bicyclic) bond motifs is 1. The molecule has 1 unspecified atom stereocenters. The molecule has 1 atom stereocenters. The molecule has 31 heavy (non-hydrogen) atoms. The van der Waals surface area contributed by atoms with Crippen LogP contribution in [0.2, 0.25) is 0 Å². The molecule has 1 aliphatic heterocycles. The topological polar surface area (TPSA) is 68.8 Å². The van der Waals surface area contributed by atoms with Crippen molar-refractivity contribution in [2.75, 3.05) is 17.4 Å². The molecule has 0 spiro atoms. The van der Waals surface area contributed by atoms with Crippen LogP contribution < -0.4 is 24.8 Å². The molecule has 1 amide bonds. The monoisotopic (exact) mass is 426 g/mol. The largest absolute Gasteiger partial charge is 0.489 e. The summed E-state index contributed by atoms with van der Waals surface area (Å²) in [6.45, 7) is 2.16. The summed E-state index contributed by atoms with van der Waals surface area (Å²) in [5, 5.41) is 5.51. The highest BCUT2D eigenvalue weighted by molar-refractivity contribution is 5.96. The Bertz CT molecular complexity index is 1110. The molecule has 6 nitrogen and oxygen atoms in total. The van der Waals surface area contributed by atoms with Crippen LogP contribution in [0.5, 0.6) is 17.2 Å². The molecule has 8 heteroatoms. The summed E-state index contributed by atoms with van der Waals surface area (Å²) < 4.78 is 43.2. The van der Waals surface area contributed by atoms with E-state index in [9.17, 15) is 13.6 Å². The third kappa shape index (κ3) is 5.03. The maximum Gasteiger partial charge on any atom is 0.246 e. The van der Waals surface area contributed by atoms with Crippen LogP contribution in [0.15, 0.2) is 60.7 Å². The van der Waals surface area contributed by atoms with Crippen molar-refractivity contribution in [3.63, 3.8) is 0 Å². The lowest BCUT2D eigenvalue weighted by Gasteiger charge is -2.16. The maximum absolute atomic E-state index is 13.7. The molecule has 0 bridgehead atoms. The first kappa shape index (κ1) is 20.5. The lowest BCUT2D eigenvalue weighted by atomic mass is 10.2. The lowest BCUT2D eigenvalue weighted by Crippen LogP contribution is -2.32. The molecule has 0 radical (unpaired) electrons. The van der Waals surface area contributed by atoms with E-state index in [-0.39, 0.29) is 12.5 Å². The van der Waals surface area contributed by atoms with Gasteiger partial charge in [0.05, 0.1) is 5.69 Å². The molecule has 2 N–H and O–H groups in total. The molecule has 1 heterocycles. The number of ether oxygens (including phenoxy) is 3. The first-order valence-corrected chi connectivity index (χ1v) is 9.62. The summed E-state index contributed by atoms with van der Waals surface area (Å²) in [5.74, 6) is -0.00875. The Morgan fingerprint density at radius 3 is 2.74 bits per heavy atom. The quantitative estimate of drug-likeness (QED) is 0.573. The van der Waals surface area contributed by atoms with Gasteiger partial charge < -0.3 is 24.8 Å². The first-order chi connectivity index (χ1) is 15.0. The SMILES string of the molecule is CC(Nc1cccc(COc2ccc3c(c2)OCO3)c1)C(=O)Nc1ccc(F)cc1F. The summed E-state index contributed by atoms with van der Waals surface area (Å²) in [6.07, 6.45) is 0. The Balaban J connectivity index is 1.34. The number of nitrogens with one attached hydrogen (secondary N) is 2. The summed E-state index contributed by atoms with van der Waals surface area (Å²) >= 11 is 0. The van der Waals surface area contributed by atoms with Crippen LogP contribution in [0, 0.1) is 11.6 Å². The van der Waals surface area contributed by atoms with Gasteiger partial charge in [-0.1, -0.05) is 12.1 Å². The van der Waals surface area contributed by atoms with E-state index >= 15 is 0 Å². The van der Waals surface area contributed by atoms with Crippen LogP contribution in [0.25, 0.3) is 0 Å². The van der Waals surface area contributed by atoms with Gasteiger partial charge in [-0.05, 0) is 48.9 Å². The number of anilines is 2. The van der Waals surface area contributed by atoms with E-state index < -0.39 is 23.6 Å². The molecule has 0 saturated heterocycles. The second-order valence-corrected chi connectivity index (χ2v) is 6.98. The normalized spacial score (nSPS) is 12.9. The zero-order chi connectivity index (χ0) is 21.8. The predicted molar refractivity (Wildman–Crippen MR) is 111 cm³/mol. The predicted octanol–water partition coefficient (Wildman–Crippen LogP) is 4.71. The summed E-state index contributed by atoms with van der Waals surface area (Å²) in [7, 11) is 0. The molecule has 160 valence electrons. The Morgan fingerprint density at radius 1 is 1.06 bits per heavy atom. The van der Waals surface area contributed by atoms with Crippen molar-refractivity contribution in [3.05, 3.63) is 77.9 Å². The highest BCUT2D eigenvalue weighted by Crippen LogP contribution is 2.35. The minimum Gasteiger partial charge on any atom is -0.489 e. The summed E-state index contributed by atoms with van der Waals surface area (Å²) in [6, 6.07) is 15.1. The Labute approximate surface area is 177 Å². The van der Waals surface area contributed by atoms with Gasteiger partial charge in [-0.25, -0.2) is 8.78 Å². The number of carbonyl (C=O) groups excluding carboxylic acids is 1. The fraction of sp³-hybridized carbons (Fsp3) is 0.174. The number of carbonyl (C=O) groups is 1. The second-order valence-electron chi connectivity index (χ2n) is 6.98. The summed E-state index contributed by atoms with van der Waals surface area (Å²) in [5.41, 5.74) is 1.51. The van der Waals surface area contributed by atoms with Gasteiger partial charge in [-0.2, -0.15) is 0 Å². The average Bonchev–Trinajstić information content (AvgIpc) is 3.22. The van der Waals surface area contributed by atoms with Crippen molar-refractivity contribution < 1.29 is 27.8 Å². The zero-order valence-corrected chi connectivity index (χ0v) is 16.7.